The van der Waals surface area contributed by atoms with Crippen molar-refractivity contribution in [3.8, 4) is 11.5 Å². The van der Waals surface area contributed by atoms with E-state index in [9.17, 15) is 9.59 Å². The van der Waals surface area contributed by atoms with E-state index in [2.05, 4.69) is 5.32 Å². The molecule has 0 aliphatic heterocycles. The molecule has 4 rings (SSSR count). The van der Waals surface area contributed by atoms with Crippen molar-refractivity contribution in [2.24, 2.45) is 0 Å². The topological polar surface area (TPSA) is 95.1 Å². The summed E-state index contributed by atoms with van der Waals surface area (Å²) in [5.41, 5.74) is 8.11. The normalized spacial score (nSPS) is 10.7. The minimum Gasteiger partial charge on any atom is -0.497 e. The number of ketones is 1. The number of methoxy groups -OCH3 is 2. The van der Waals surface area contributed by atoms with Gasteiger partial charge in [0.1, 0.15) is 17.2 Å². The van der Waals surface area contributed by atoms with Crippen molar-refractivity contribution in [2.45, 2.75) is 0 Å². The summed E-state index contributed by atoms with van der Waals surface area (Å²) in [5.74, 6) is 0.164. The van der Waals surface area contributed by atoms with Crippen LogP contribution in [0.1, 0.15) is 26.4 Å². The molecular formula is C24H20ClN3O4. The second-order valence-electron chi connectivity index (χ2n) is 6.95. The molecule has 3 N–H and O–H groups in total. The molecule has 0 unspecified atom stereocenters. The summed E-state index contributed by atoms with van der Waals surface area (Å²) in [6.45, 7) is 0. The summed E-state index contributed by atoms with van der Waals surface area (Å²) in [6, 6.07) is 16.9. The number of carbonyl (C=O) groups is 2. The van der Waals surface area contributed by atoms with Gasteiger partial charge in [-0.05, 0) is 42.5 Å². The molecule has 0 bridgehead atoms. The van der Waals surface area contributed by atoms with Gasteiger partial charge in [0, 0.05) is 16.8 Å². The van der Waals surface area contributed by atoms with Crippen molar-refractivity contribution in [1.82, 2.24) is 4.40 Å². The number of nitrogens with zero attached hydrogens (tertiary/aromatic N) is 1. The fourth-order valence-electron chi connectivity index (χ4n) is 3.56. The summed E-state index contributed by atoms with van der Waals surface area (Å²) >= 11 is 6.08. The molecule has 2 aromatic heterocycles. The Morgan fingerprint density at radius 2 is 1.81 bits per heavy atom. The summed E-state index contributed by atoms with van der Waals surface area (Å²) in [7, 11) is 3.02. The molecule has 0 saturated carbocycles. The summed E-state index contributed by atoms with van der Waals surface area (Å²) < 4.78 is 12.1. The van der Waals surface area contributed by atoms with Crippen LogP contribution >= 0.6 is 11.6 Å². The number of halogens is 1. The van der Waals surface area contributed by atoms with Crippen LogP contribution in [-0.4, -0.2) is 30.3 Å². The van der Waals surface area contributed by atoms with Crippen LogP contribution in [-0.2, 0) is 0 Å². The van der Waals surface area contributed by atoms with Crippen molar-refractivity contribution in [2.75, 3.05) is 25.3 Å². The SMILES string of the molecule is COc1cccc(C(=O)c2c(N)c(C(=O)Nc3cc(Cl)ccc3OC)c3ccccn23)c1. The highest BCUT2D eigenvalue weighted by Gasteiger charge is 2.26. The quantitative estimate of drug-likeness (QED) is 0.417. The number of ether oxygens (including phenoxy) is 2. The minimum absolute atomic E-state index is 0.0718. The van der Waals surface area contributed by atoms with Crippen molar-refractivity contribution >= 4 is 40.2 Å². The molecule has 2 heterocycles. The second kappa shape index (κ2) is 8.64. The van der Waals surface area contributed by atoms with Crippen LogP contribution in [0, 0.1) is 0 Å². The van der Waals surface area contributed by atoms with Crippen LogP contribution in [0.5, 0.6) is 11.5 Å². The van der Waals surface area contributed by atoms with Gasteiger partial charge < -0.3 is 24.9 Å². The molecule has 8 heteroatoms. The summed E-state index contributed by atoms with van der Waals surface area (Å²) in [6.07, 6.45) is 1.69. The predicted molar refractivity (Wildman–Crippen MR) is 124 cm³/mol. The van der Waals surface area contributed by atoms with Crippen LogP contribution in [0.15, 0.2) is 66.9 Å². The number of carbonyl (C=O) groups excluding carboxylic acids is 2. The number of benzene rings is 2. The summed E-state index contributed by atoms with van der Waals surface area (Å²) in [4.78, 5) is 26.6. The van der Waals surface area contributed by atoms with E-state index in [0.29, 0.717) is 33.3 Å². The number of hydrogen-bond donors (Lipinski definition) is 2. The average Bonchev–Trinajstić information content (AvgIpc) is 3.10. The number of amides is 1. The molecule has 0 fully saturated rings. The van der Waals surface area contributed by atoms with Gasteiger partial charge in [-0.15, -0.1) is 0 Å². The maximum absolute atomic E-state index is 13.4. The van der Waals surface area contributed by atoms with Gasteiger partial charge in [0.05, 0.1) is 36.7 Å². The third-order valence-electron chi connectivity index (χ3n) is 5.07. The Morgan fingerprint density at radius 3 is 2.56 bits per heavy atom. The fourth-order valence-corrected chi connectivity index (χ4v) is 3.73. The Kier molecular flexibility index (Phi) is 5.75. The molecular weight excluding hydrogens is 430 g/mol. The summed E-state index contributed by atoms with van der Waals surface area (Å²) in [5, 5.41) is 3.22. The van der Waals surface area contributed by atoms with E-state index in [1.165, 1.54) is 14.2 Å². The zero-order valence-electron chi connectivity index (χ0n) is 17.4. The van der Waals surface area contributed by atoms with Crippen LogP contribution in [0.3, 0.4) is 0 Å². The first-order valence-electron chi connectivity index (χ1n) is 9.66. The zero-order chi connectivity index (χ0) is 22.8. The van der Waals surface area contributed by atoms with E-state index in [1.807, 2.05) is 0 Å². The van der Waals surface area contributed by atoms with Gasteiger partial charge >= 0.3 is 0 Å². The highest BCUT2D eigenvalue weighted by molar-refractivity contribution is 6.31. The number of pyridine rings is 1. The van der Waals surface area contributed by atoms with Gasteiger partial charge in [-0.2, -0.15) is 0 Å². The smallest absolute Gasteiger partial charge is 0.260 e. The van der Waals surface area contributed by atoms with E-state index in [4.69, 9.17) is 26.8 Å². The van der Waals surface area contributed by atoms with E-state index < -0.39 is 5.91 Å². The molecule has 32 heavy (non-hydrogen) atoms. The van der Waals surface area contributed by atoms with E-state index >= 15 is 0 Å². The van der Waals surface area contributed by atoms with Gasteiger partial charge in [-0.25, -0.2) is 0 Å². The number of rotatable bonds is 6. The molecule has 162 valence electrons. The van der Waals surface area contributed by atoms with Crippen LogP contribution < -0.4 is 20.5 Å². The van der Waals surface area contributed by atoms with Gasteiger partial charge in [-0.1, -0.05) is 29.8 Å². The second-order valence-corrected chi connectivity index (χ2v) is 7.39. The third-order valence-corrected chi connectivity index (χ3v) is 5.30. The van der Waals surface area contributed by atoms with Crippen molar-refractivity contribution < 1.29 is 19.1 Å². The fraction of sp³-hybridized carbons (Fsp3) is 0.0833. The Bertz CT molecular complexity index is 1350. The first kappa shape index (κ1) is 21.3. The lowest BCUT2D eigenvalue weighted by Gasteiger charge is -2.10. The lowest BCUT2D eigenvalue weighted by Crippen LogP contribution is -2.14. The molecule has 0 spiro atoms. The minimum atomic E-state index is -0.489. The Labute approximate surface area is 189 Å². The first-order valence-corrected chi connectivity index (χ1v) is 10.0. The number of nitrogen functional groups attached to an aromatic ring is 1. The lowest BCUT2D eigenvalue weighted by molar-refractivity contribution is 0.102. The molecule has 0 saturated heterocycles. The van der Waals surface area contributed by atoms with Crippen LogP contribution in [0.2, 0.25) is 5.02 Å². The van der Waals surface area contributed by atoms with E-state index in [-0.39, 0.29) is 22.7 Å². The molecule has 0 radical (unpaired) electrons. The maximum atomic E-state index is 13.4. The highest BCUT2D eigenvalue weighted by atomic mass is 35.5. The van der Waals surface area contributed by atoms with Gasteiger partial charge in [0.15, 0.2) is 0 Å². The zero-order valence-corrected chi connectivity index (χ0v) is 18.1. The number of aromatic nitrogens is 1. The van der Waals surface area contributed by atoms with Gasteiger partial charge in [-0.3, -0.25) is 9.59 Å². The molecule has 1 amide bonds. The predicted octanol–water partition coefficient (Wildman–Crippen LogP) is 4.68. The highest BCUT2D eigenvalue weighted by Crippen LogP contribution is 2.32. The molecule has 0 aliphatic rings. The maximum Gasteiger partial charge on any atom is 0.260 e. The average molecular weight is 450 g/mol. The molecule has 2 aromatic carbocycles. The largest absolute Gasteiger partial charge is 0.497 e. The third kappa shape index (κ3) is 3.74. The Morgan fingerprint density at radius 1 is 1.00 bits per heavy atom. The van der Waals surface area contributed by atoms with Crippen molar-refractivity contribution in [3.05, 3.63) is 88.7 Å². The first-order chi connectivity index (χ1) is 15.4. The number of fused-ring (bicyclic) bond motifs is 1. The number of hydrogen-bond acceptors (Lipinski definition) is 5. The van der Waals surface area contributed by atoms with Crippen LogP contribution in [0.4, 0.5) is 11.4 Å². The van der Waals surface area contributed by atoms with Crippen molar-refractivity contribution in [3.63, 3.8) is 0 Å². The number of nitrogens with two attached hydrogens (primary N) is 1. The van der Waals surface area contributed by atoms with Gasteiger partial charge in [0.25, 0.3) is 5.91 Å². The molecule has 0 atom stereocenters. The standard InChI is InChI=1S/C24H20ClN3O4/c1-31-16-7-5-6-14(12-16)23(29)22-21(26)20(18-8-3-4-11-28(18)22)24(30)27-17-13-15(25)9-10-19(17)32-2/h3-13H,26H2,1-2H3,(H,27,30). The molecule has 4 aromatic rings. The number of nitrogens with one attached hydrogen (secondary N) is 1. The Hall–Kier alpha value is -3.97. The molecule has 7 nitrogen and oxygen atoms in total. The van der Waals surface area contributed by atoms with Crippen LogP contribution in [0.25, 0.3) is 5.52 Å². The monoisotopic (exact) mass is 449 g/mol. The number of anilines is 2. The Balaban J connectivity index is 1.82. The van der Waals surface area contributed by atoms with E-state index in [1.54, 1.807) is 71.3 Å². The van der Waals surface area contributed by atoms with E-state index in [0.717, 1.165) is 0 Å². The lowest BCUT2D eigenvalue weighted by atomic mass is 10.1. The van der Waals surface area contributed by atoms with Gasteiger partial charge in [0.2, 0.25) is 5.78 Å². The molecule has 0 aliphatic carbocycles. The van der Waals surface area contributed by atoms with Crippen molar-refractivity contribution in [1.29, 1.82) is 0 Å².